The van der Waals surface area contributed by atoms with E-state index in [1.54, 1.807) is 11.3 Å². The van der Waals surface area contributed by atoms with E-state index >= 15 is 0 Å². The summed E-state index contributed by atoms with van der Waals surface area (Å²) >= 11 is 1.64. The Bertz CT molecular complexity index is 1450. The van der Waals surface area contributed by atoms with Crippen LogP contribution >= 0.6 is 11.3 Å². The predicted octanol–water partition coefficient (Wildman–Crippen LogP) is 8.05. The van der Waals surface area contributed by atoms with Gasteiger partial charge in [-0.1, -0.05) is 26.8 Å². The fraction of sp³-hybridized carbons (Fsp3) is 0.367. The van der Waals surface area contributed by atoms with E-state index < -0.39 is 0 Å². The molecule has 0 bridgehead atoms. The van der Waals surface area contributed by atoms with E-state index in [9.17, 15) is 0 Å². The first-order valence-corrected chi connectivity index (χ1v) is 13.6. The summed E-state index contributed by atoms with van der Waals surface area (Å²) in [6.07, 6.45) is 4.17. The standard InChI is InChI=1S/C30H34N2O3S/c1-5-33-14-6-7-15-34-24-9-10-25-22(17-24)12-13-32(25)19-21-8-11-26-23(16-21)18-27(35-26)29-31-28(20-36-29)30(2,3)4/h8-13,16-18,20H,5-7,14-15,19H2,1-4H3. The van der Waals surface area contributed by atoms with Crippen molar-refractivity contribution < 1.29 is 13.9 Å². The highest BCUT2D eigenvalue weighted by Crippen LogP contribution is 2.33. The fourth-order valence-electron chi connectivity index (χ4n) is 4.27. The first-order valence-electron chi connectivity index (χ1n) is 12.7. The Balaban J connectivity index is 1.28. The molecule has 2 aromatic carbocycles. The van der Waals surface area contributed by atoms with Crippen LogP contribution in [0.1, 0.15) is 51.8 Å². The third-order valence-corrected chi connectivity index (χ3v) is 7.17. The fourth-order valence-corrected chi connectivity index (χ4v) is 5.27. The lowest BCUT2D eigenvalue weighted by molar-refractivity contribution is 0.139. The Kier molecular flexibility index (Phi) is 7.17. The molecule has 0 saturated carbocycles. The van der Waals surface area contributed by atoms with Crippen molar-refractivity contribution in [3.8, 4) is 16.5 Å². The quantitative estimate of drug-likeness (QED) is 0.181. The molecule has 3 heterocycles. The monoisotopic (exact) mass is 502 g/mol. The van der Waals surface area contributed by atoms with Gasteiger partial charge in [0.25, 0.3) is 0 Å². The van der Waals surface area contributed by atoms with E-state index in [0.29, 0.717) is 6.61 Å². The third-order valence-electron chi connectivity index (χ3n) is 6.32. The van der Waals surface area contributed by atoms with Crippen LogP contribution in [0.25, 0.3) is 32.6 Å². The molecule has 0 atom stereocenters. The molecular weight excluding hydrogens is 468 g/mol. The van der Waals surface area contributed by atoms with Gasteiger partial charge in [-0.15, -0.1) is 11.3 Å². The van der Waals surface area contributed by atoms with Crippen LogP contribution in [0.3, 0.4) is 0 Å². The Morgan fingerprint density at radius 1 is 0.972 bits per heavy atom. The molecule has 0 spiro atoms. The summed E-state index contributed by atoms with van der Waals surface area (Å²) in [5.74, 6) is 1.75. The van der Waals surface area contributed by atoms with Gasteiger partial charge in [0.1, 0.15) is 11.3 Å². The Labute approximate surface area is 216 Å². The molecule has 0 N–H and O–H groups in total. The molecule has 0 saturated heterocycles. The van der Waals surface area contributed by atoms with Crippen molar-refractivity contribution in [3.63, 3.8) is 0 Å². The van der Waals surface area contributed by atoms with Crippen LogP contribution in [-0.2, 0) is 16.7 Å². The van der Waals surface area contributed by atoms with Crippen LogP contribution in [0, 0.1) is 0 Å². The van der Waals surface area contributed by atoms with E-state index in [0.717, 1.165) is 65.8 Å². The van der Waals surface area contributed by atoms with E-state index in [4.69, 9.17) is 18.9 Å². The molecule has 188 valence electrons. The second-order valence-electron chi connectivity index (χ2n) is 10.2. The molecular formula is C30H34N2O3S. The summed E-state index contributed by atoms with van der Waals surface area (Å²) in [7, 11) is 0. The first-order chi connectivity index (χ1) is 17.4. The van der Waals surface area contributed by atoms with Gasteiger partial charge in [-0.25, -0.2) is 4.98 Å². The molecule has 0 fully saturated rings. The number of furan rings is 1. The summed E-state index contributed by atoms with van der Waals surface area (Å²) in [5, 5.41) is 5.35. The average Bonchev–Trinajstić information content (AvgIpc) is 3.59. The molecule has 5 aromatic rings. The number of unbranched alkanes of at least 4 members (excludes halogenated alkanes) is 1. The zero-order chi connectivity index (χ0) is 25.1. The topological polar surface area (TPSA) is 49.4 Å². The highest BCUT2D eigenvalue weighted by molar-refractivity contribution is 7.13. The van der Waals surface area contributed by atoms with Gasteiger partial charge in [0.15, 0.2) is 10.8 Å². The predicted molar refractivity (Wildman–Crippen MR) is 148 cm³/mol. The van der Waals surface area contributed by atoms with E-state index in [2.05, 4.69) is 85.4 Å². The van der Waals surface area contributed by atoms with Crippen molar-refractivity contribution >= 4 is 33.2 Å². The minimum atomic E-state index is 0.0318. The second kappa shape index (κ2) is 10.5. The van der Waals surface area contributed by atoms with E-state index in [1.165, 1.54) is 16.5 Å². The van der Waals surface area contributed by atoms with Gasteiger partial charge in [-0.2, -0.15) is 0 Å². The molecule has 0 amide bonds. The molecule has 0 aliphatic carbocycles. The van der Waals surface area contributed by atoms with Crippen LogP contribution in [0.15, 0.2) is 64.5 Å². The highest BCUT2D eigenvalue weighted by Gasteiger charge is 2.19. The zero-order valence-corrected chi connectivity index (χ0v) is 22.4. The molecule has 3 aromatic heterocycles. The number of hydrogen-bond acceptors (Lipinski definition) is 5. The molecule has 5 nitrogen and oxygen atoms in total. The summed E-state index contributed by atoms with van der Waals surface area (Å²) in [5.41, 5.74) is 4.45. The minimum absolute atomic E-state index is 0.0318. The largest absolute Gasteiger partial charge is 0.494 e. The molecule has 6 heteroatoms. The van der Waals surface area contributed by atoms with Gasteiger partial charge in [-0.3, -0.25) is 0 Å². The number of benzene rings is 2. The summed E-state index contributed by atoms with van der Waals surface area (Å²) in [4.78, 5) is 4.81. The molecule has 0 aliphatic rings. The van der Waals surface area contributed by atoms with Gasteiger partial charge < -0.3 is 18.5 Å². The lowest BCUT2D eigenvalue weighted by atomic mass is 9.93. The van der Waals surface area contributed by atoms with Crippen LogP contribution in [-0.4, -0.2) is 29.4 Å². The normalized spacial score (nSPS) is 12.1. The zero-order valence-electron chi connectivity index (χ0n) is 21.5. The van der Waals surface area contributed by atoms with Crippen molar-refractivity contribution in [1.82, 2.24) is 9.55 Å². The Hall–Kier alpha value is -3.09. The van der Waals surface area contributed by atoms with Gasteiger partial charge in [0.05, 0.1) is 12.3 Å². The maximum Gasteiger partial charge on any atom is 0.164 e. The number of ether oxygens (including phenoxy) is 2. The summed E-state index contributed by atoms with van der Waals surface area (Å²) in [6.45, 7) is 11.7. The SMILES string of the molecule is CCOCCCCOc1ccc2c(ccn2Cc2ccc3oc(-c4nc(C(C)(C)C)cs4)cc3c2)c1. The minimum Gasteiger partial charge on any atom is -0.494 e. The molecule has 36 heavy (non-hydrogen) atoms. The maximum absolute atomic E-state index is 6.13. The first kappa shape index (κ1) is 24.6. The van der Waals surface area contributed by atoms with Gasteiger partial charge in [0, 0.05) is 53.0 Å². The van der Waals surface area contributed by atoms with Crippen molar-refractivity contribution in [3.05, 3.63) is 71.4 Å². The number of thiazole rings is 1. The maximum atomic E-state index is 6.13. The van der Waals surface area contributed by atoms with Crippen molar-refractivity contribution in [2.24, 2.45) is 0 Å². The van der Waals surface area contributed by atoms with Crippen LogP contribution < -0.4 is 4.74 Å². The molecule has 5 rings (SSSR count). The number of aromatic nitrogens is 2. The highest BCUT2D eigenvalue weighted by atomic mass is 32.1. The average molecular weight is 503 g/mol. The smallest absolute Gasteiger partial charge is 0.164 e. The summed E-state index contributed by atoms with van der Waals surface area (Å²) in [6, 6.07) is 17.0. The number of fused-ring (bicyclic) bond motifs is 2. The molecule has 0 unspecified atom stereocenters. The van der Waals surface area contributed by atoms with E-state index in [-0.39, 0.29) is 5.41 Å². The third kappa shape index (κ3) is 5.50. The Morgan fingerprint density at radius 2 is 1.83 bits per heavy atom. The Morgan fingerprint density at radius 3 is 2.64 bits per heavy atom. The van der Waals surface area contributed by atoms with E-state index in [1.807, 2.05) is 6.92 Å². The number of hydrogen-bond donors (Lipinski definition) is 0. The van der Waals surface area contributed by atoms with Crippen LogP contribution in [0.2, 0.25) is 0 Å². The van der Waals surface area contributed by atoms with Gasteiger partial charge in [-0.05, 0) is 67.8 Å². The molecule has 0 aliphatic heterocycles. The van der Waals surface area contributed by atoms with Gasteiger partial charge in [0.2, 0.25) is 0 Å². The van der Waals surface area contributed by atoms with Crippen LogP contribution in [0.5, 0.6) is 5.75 Å². The van der Waals surface area contributed by atoms with Crippen molar-refractivity contribution in [2.45, 2.75) is 52.5 Å². The van der Waals surface area contributed by atoms with Gasteiger partial charge >= 0.3 is 0 Å². The van der Waals surface area contributed by atoms with Crippen molar-refractivity contribution in [2.75, 3.05) is 19.8 Å². The summed E-state index contributed by atoms with van der Waals surface area (Å²) < 4.78 is 19.7. The van der Waals surface area contributed by atoms with Crippen molar-refractivity contribution in [1.29, 1.82) is 0 Å². The van der Waals surface area contributed by atoms with Crippen LogP contribution in [0.4, 0.5) is 0 Å². The molecule has 0 radical (unpaired) electrons. The lowest BCUT2D eigenvalue weighted by Gasteiger charge is -2.13. The number of rotatable bonds is 10. The second-order valence-corrected chi connectivity index (χ2v) is 11.0. The lowest BCUT2D eigenvalue weighted by Crippen LogP contribution is -2.11. The number of nitrogens with zero attached hydrogens (tertiary/aromatic N) is 2.